The van der Waals surface area contributed by atoms with Gasteiger partial charge in [0.2, 0.25) is 15.9 Å². The summed E-state index contributed by atoms with van der Waals surface area (Å²) in [6.45, 7) is 2.41. The van der Waals surface area contributed by atoms with Crippen LogP contribution in [0, 0.1) is 0 Å². The Balaban J connectivity index is 1.29. The monoisotopic (exact) mass is 487 g/mol. The molecule has 3 amide bonds. The molecule has 0 spiro atoms. The van der Waals surface area contributed by atoms with Crippen molar-refractivity contribution < 1.29 is 22.7 Å². The van der Waals surface area contributed by atoms with Crippen LogP contribution in [0.4, 0.5) is 16.2 Å². The molecule has 0 unspecified atom stereocenters. The van der Waals surface area contributed by atoms with Crippen molar-refractivity contribution in [3.8, 4) is 5.75 Å². The first-order chi connectivity index (χ1) is 16.4. The van der Waals surface area contributed by atoms with Crippen LogP contribution in [0.2, 0.25) is 0 Å². The summed E-state index contributed by atoms with van der Waals surface area (Å²) in [6, 6.07) is 13.6. The zero-order valence-electron chi connectivity index (χ0n) is 19.0. The standard InChI is InChI=1S/C23H29N5O5S/c1-33-21-10-9-19(34(31,32)26-17-7-8-17)15-20(21)25-23(30)24-16-22(29)28-13-11-27(12-14-28)18-5-3-2-4-6-18/h2-6,9-10,15,17,26H,7-8,11-14,16H2,1H3,(H2,24,25,30). The Hall–Kier alpha value is -3.31. The number of benzene rings is 2. The first kappa shape index (κ1) is 23.8. The fourth-order valence-electron chi connectivity index (χ4n) is 3.73. The minimum atomic E-state index is -3.69. The van der Waals surface area contributed by atoms with Gasteiger partial charge < -0.3 is 25.2 Å². The minimum Gasteiger partial charge on any atom is -0.495 e. The Kier molecular flexibility index (Phi) is 7.23. The van der Waals surface area contributed by atoms with Crippen molar-refractivity contribution in [2.75, 3.05) is 50.1 Å². The lowest BCUT2D eigenvalue weighted by Crippen LogP contribution is -2.51. The lowest BCUT2D eigenvalue weighted by Gasteiger charge is -2.36. The average Bonchev–Trinajstić information content (AvgIpc) is 3.66. The number of anilines is 2. The van der Waals surface area contributed by atoms with E-state index in [9.17, 15) is 18.0 Å². The van der Waals surface area contributed by atoms with E-state index in [4.69, 9.17) is 4.74 Å². The molecule has 10 nitrogen and oxygen atoms in total. The van der Waals surface area contributed by atoms with Crippen LogP contribution in [-0.2, 0) is 14.8 Å². The van der Waals surface area contributed by atoms with Gasteiger partial charge >= 0.3 is 6.03 Å². The molecule has 0 atom stereocenters. The number of ether oxygens (including phenoxy) is 1. The number of nitrogens with one attached hydrogen (secondary N) is 3. The SMILES string of the molecule is COc1ccc(S(=O)(=O)NC2CC2)cc1NC(=O)NCC(=O)N1CCN(c2ccccc2)CC1. The zero-order valence-corrected chi connectivity index (χ0v) is 19.8. The molecule has 2 aromatic rings. The van der Waals surface area contributed by atoms with Gasteiger partial charge in [-0.25, -0.2) is 17.9 Å². The summed E-state index contributed by atoms with van der Waals surface area (Å²) in [5.41, 5.74) is 1.32. The first-order valence-corrected chi connectivity index (χ1v) is 12.7. The van der Waals surface area contributed by atoms with Gasteiger partial charge in [-0.2, -0.15) is 0 Å². The molecule has 2 aromatic carbocycles. The van der Waals surface area contributed by atoms with Gasteiger partial charge in [0.15, 0.2) is 0 Å². The molecule has 1 aliphatic carbocycles. The lowest BCUT2D eigenvalue weighted by molar-refractivity contribution is -0.130. The van der Waals surface area contributed by atoms with E-state index in [0.29, 0.717) is 18.8 Å². The number of amides is 3. The largest absolute Gasteiger partial charge is 0.495 e. The normalized spacial score (nSPS) is 16.1. The summed E-state index contributed by atoms with van der Waals surface area (Å²) in [7, 11) is -2.26. The van der Waals surface area contributed by atoms with Gasteiger partial charge in [-0.05, 0) is 43.2 Å². The summed E-state index contributed by atoms with van der Waals surface area (Å²) < 4.78 is 32.8. The van der Waals surface area contributed by atoms with Crippen molar-refractivity contribution >= 4 is 33.3 Å². The molecular weight excluding hydrogens is 458 g/mol. The van der Waals surface area contributed by atoms with Crippen molar-refractivity contribution in [2.24, 2.45) is 0 Å². The van der Waals surface area contributed by atoms with E-state index in [1.54, 1.807) is 4.90 Å². The van der Waals surface area contributed by atoms with Gasteiger partial charge in [0.25, 0.3) is 0 Å². The minimum absolute atomic E-state index is 0.0304. The fraction of sp³-hybridized carbons (Fsp3) is 0.391. The summed E-state index contributed by atoms with van der Waals surface area (Å²) in [4.78, 5) is 29.0. The Morgan fingerprint density at radius 2 is 1.74 bits per heavy atom. The highest BCUT2D eigenvalue weighted by Crippen LogP contribution is 2.29. The second kappa shape index (κ2) is 10.3. The molecule has 0 radical (unpaired) electrons. The zero-order chi connectivity index (χ0) is 24.1. The van der Waals surface area contributed by atoms with E-state index < -0.39 is 16.1 Å². The highest BCUT2D eigenvalue weighted by molar-refractivity contribution is 7.89. The molecule has 1 heterocycles. The molecule has 2 fully saturated rings. The molecule has 0 bridgehead atoms. The van der Waals surface area contributed by atoms with Gasteiger partial charge in [-0.1, -0.05) is 18.2 Å². The number of piperazine rings is 1. The second-order valence-electron chi connectivity index (χ2n) is 8.27. The van der Waals surface area contributed by atoms with Crippen LogP contribution in [0.15, 0.2) is 53.4 Å². The number of nitrogens with zero attached hydrogens (tertiary/aromatic N) is 2. The van der Waals surface area contributed by atoms with Gasteiger partial charge in [0.05, 0.1) is 24.2 Å². The van der Waals surface area contributed by atoms with Crippen LogP contribution < -0.4 is 25.0 Å². The lowest BCUT2D eigenvalue weighted by atomic mass is 10.2. The number of carbonyl (C=O) groups is 2. The number of urea groups is 1. The van der Waals surface area contributed by atoms with Crippen molar-refractivity contribution in [3.63, 3.8) is 0 Å². The third-order valence-electron chi connectivity index (χ3n) is 5.78. The molecular formula is C23H29N5O5S. The molecule has 1 aliphatic heterocycles. The van der Waals surface area contributed by atoms with Crippen LogP contribution in [0.25, 0.3) is 0 Å². The predicted octanol–water partition coefficient (Wildman–Crippen LogP) is 1.61. The number of hydrogen-bond acceptors (Lipinski definition) is 6. The first-order valence-electron chi connectivity index (χ1n) is 11.2. The average molecular weight is 488 g/mol. The van der Waals surface area contributed by atoms with Gasteiger partial charge in [0, 0.05) is 37.9 Å². The number of sulfonamides is 1. The molecule has 2 aliphatic rings. The highest BCUT2D eigenvalue weighted by Gasteiger charge is 2.28. The predicted molar refractivity (Wildman–Crippen MR) is 129 cm³/mol. The molecule has 4 rings (SSSR count). The summed E-state index contributed by atoms with van der Waals surface area (Å²) in [6.07, 6.45) is 1.64. The molecule has 0 aromatic heterocycles. The molecule has 1 saturated carbocycles. The Labute approximate surface area is 199 Å². The maximum atomic E-state index is 12.6. The van der Waals surface area contributed by atoms with Crippen molar-refractivity contribution in [2.45, 2.75) is 23.8 Å². The third-order valence-corrected chi connectivity index (χ3v) is 7.30. The molecule has 1 saturated heterocycles. The second-order valence-corrected chi connectivity index (χ2v) is 9.98. The van der Waals surface area contributed by atoms with Gasteiger partial charge in [-0.3, -0.25) is 4.79 Å². The van der Waals surface area contributed by atoms with Crippen LogP contribution in [-0.4, -0.2) is 71.1 Å². The van der Waals surface area contributed by atoms with Crippen LogP contribution >= 0.6 is 0 Å². The van der Waals surface area contributed by atoms with E-state index in [1.165, 1.54) is 25.3 Å². The van der Waals surface area contributed by atoms with E-state index in [-0.39, 0.29) is 29.1 Å². The maximum Gasteiger partial charge on any atom is 0.319 e. The topological polar surface area (TPSA) is 120 Å². The maximum absolute atomic E-state index is 12.6. The van der Waals surface area contributed by atoms with E-state index in [1.807, 2.05) is 30.3 Å². The highest BCUT2D eigenvalue weighted by atomic mass is 32.2. The number of carbonyl (C=O) groups excluding carboxylic acids is 2. The number of methoxy groups -OCH3 is 1. The van der Waals surface area contributed by atoms with E-state index in [2.05, 4.69) is 20.3 Å². The summed E-state index contributed by atoms with van der Waals surface area (Å²) in [5, 5.41) is 5.13. The fourth-order valence-corrected chi connectivity index (χ4v) is 5.06. The Morgan fingerprint density at radius 1 is 1.03 bits per heavy atom. The number of rotatable bonds is 8. The number of hydrogen-bond donors (Lipinski definition) is 3. The third kappa shape index (κ3) is 5.97. The number of para-hydroxylation sites is 1. The van der Waals surface area contributed by atoms with Crippen LogP contribution in [0.3, 0.4) is 0 Å². The van der Waals surface area contributed by atoms with Crippen LogP contribution in [0.1, 0.15) is 12.8 Å². The quantitative estimate of drug-likeness (QED) is 0.520. The Morgan fingerprint density at radius 3 is 2.38 bits per heavy atom. The van der Waals surface area contributed by atoms with E-state index in [0.717, 1.165) is 31.6 Å². The Bertz CT molecular complexity index is 1130. The van der Waals surface area contributed by atoms with Crippen molar-refractivity contribution in [1.82, 2.24) is 14.9 Å². The molecule has 3 N–H and O–H groups in total. The molecule has 34 heavy (non-hydrogen) atoms. The van der Waals surface area contributed by atoms with Crippen molar-refractivity contribution in [1.29, 1.82) is 0 Å². The van der Waals surface area contributed by atoms with E-state index >= 15 is 0 Å². The van der Waals surface area contributed by atoms with Crippen molar-refractivity contribution in [3.05, 3.63) is 48.5 Å². The molecule has 182 valence electrons. The smallest absolute Gasteiger partial charge is 0.319 e. The summed E-state index contributed by atoms with van der Waals surface area (Å²) >= 11 is 0. The van der Waals surface area contributed by atoms with Gasteiger partial charge in [-0.15, -0.1) is 0 Å². The molecule has 11 heteroatoms. The summed E-state index contributed by atoms with van der Waals surface area (Å²) in [5.74, 6) is 0.128. The van der Waals surface area contributed by atoms with Gasteiger partial charge in [0.1, 0.15) is 5.75 Å². The van der Waals surface area contributed by atoms with Crippen LogP contribution in [0.5, 0.6) is 5.75 Å².